The summed E-state index contributed by atoms with van der Waals surface area (Å²) in [5.41, 5.74) is 3.24. The maximum absolute atomic E-state index is 5.96. The minimum absolute atomic E-state index is 0.129. The summed E-state index contributed by atoms with van der Waals surface area (Å²) in [6.07, 6.45) is 0. The molecule has 2 N–H and O–H groups in total. The van der Waals surface area contributed by atoms with Crippen LogP contribution in [0.25, 0.3) is 0 Å². The van der Waals surface area contributed by atoms with Crippen LogP contribution in [0.5, 0.6) is 0 Å². The van der Waals surface area contributed by atoms with E-state index in [1.165, 1.54) is 0 Å². The van der Waals surface area contributed by atoms with E-state index in [9.17, 15) is 0 Å². The van der Waals surface area contributed by atoms with Crippen LogP contribution in [-0.4, -0.2) is 24.2 Å². The van der Waals surface area contributed by atoms with Gasteiger partial charge in [0.2, 0.25) is 0 Å². The number of guanidine groups is 1. The van der Waals surface area contributed by atoms with E-state index >= 15 is 0 Å². The second-order valence-electron chi connectivity index (χ2n) is 6.28. The lowest BCUT2D eigenvalue weighted by Gasteiger charge is -2.19. The zero-order valence-corrected chi connectivity index (χ0v) is 16.3. The average molecular weight is 363 g/mol. The van der Waals surface area contributed by atoms with Gasteiger partial charge in [-0.3, -0.25) is 4.99 Å². The van der Waals surface area contributed by atoms with Crippen LogP contribution in [0.15, 0.2) is 33.8 Å². The second-order valence-corrected chi connectivity index (χ2v) is 6.71. The first kappa shape index (κ1) is 19.3. The fraction of sp³-hybridized carbons (Fsp3) is 0.474. The Kier molecular flexibility index (Phi) is 6.88. The quantitative estimate of drug-likeness (QED) is 0.591. The van der Waals surface area contributed by atoms with Gasteiger partial charge in [0.05, 0.1) is 11.7 Å². The van der Waals surface area contributed by atoms with Crippen molar-refractivity contribution in [1.29, 1.82) is 0 Å². The Morgan fingerprint density at radius 3 is 2.48 bits per heavy atom. The van der Waals surface area contributed by atoms with Crippen LogP contribution >= 0.6 is 11.6 Å². The van der Waals surface area contributed by atoms with Crippen molar-refractivity contribution in [3.05, 3.63) is 51.9 Å². The Bertz CT molecular complexity index is 689. The van der Waals surface area contributed by atoms with Crippen molar-refractivity contribution in [2.45, 2.75) is 46.6 Å². The van der Waals surface area contributed by atoms with E-state index in [-0.39, 0.29) is 12.0 Å². The molecule has 0 aliphatic rings. The largest absolute Gasteiger partial charge is 0.361 e. The average Bonchev–Trinajstić information content (AvgIpc) is 2.92. The lowest BCUT2D eigenvalue weighted by Crippen LogP contribution is -2.39. The number of halogens is 1. The van der Waals surface area contributed by atoms with Crippen molar-refractivity contribution in [2.75, 3.05) is 13.1 Å². The van der Waals surface area contributed by atoms with Gasteiger partial charge in [-0.15, -0.1) is 0 Å². The number of hydrogen-bond donors (Lipinski definition) is 2. The van der Waals surface area contributed by atoms with E-state index in [1.54, 1.807) is 0 Å². The second kappa shape index (κ2) is 8.90. The molecular formula is C19H27ClN4O. The summed E-state index contributed by atoms with van der Waals surface area (Å²) in [6.45, 7) is 11.7. The molecule has 1 aromatic carbocycles. The highest BCUT2D eigenvalue weighted by Crippen LogP contribution is 2.23. The molecule has 2 aromatic rings. The standard InChI is InChI=1S/C19H27ClN4O/c1-6-21-19(23-13(3)16-7-9-17(20)10-8-16)22-11-12(2)18-14(4)24-25-15(18)5/h7-10,12-13H,6,11H2,1-5H3,(H2,21,22,23). The summed E-state index contributed by atoms with van der Waals surface area (Å²) in [5, 5.41) is 11.5. The van der Waals surface area contributed by atoms with Crippen molar-refractivity contribution < 1.29 is 4.52 Å². The topological polar surface area (TPSA) is 62.5 Å². The molecule has 0 fully saturated rings. The number of aryl methyl sites for hydroxylation is 2. The van der Waals surface area contributed by atoms with Gasteiger partial charge in [-0.2, -0.15) is 0 Å². The molecule has 0 aliphatic carbocycles. The van der Waals surface area contributed by atoms with E-state index in [1.807, 2.05) is 38.1 Å². The van der Waals surface area contributed by atoms with Crippen LogP contribution in [0.4, 0.5) is 0 Å². The third kappa shape index (κ3) is 5.23. The van der Waals surface area contributed by atoms with Crippen LogP contribution < -0.4 is 10.6 Å². The predicted molar refractivity (Wildman–Crippen MR) is 103 cm³/mol. The van der Waals surface area contributed by atoms with Gasteiger partial charge < -0.3 is 15.2 Å². The SMILES string of the molecule is CCNC(=NCC(C)c1c(C)noc1C)NC(C)c1ccc(Cl)cc1. The first-order valence-electron chi connectivity index (χ1n) is 8.65. The van der Waals surface area contributed by atoms with Gasteiger partial charge in [-0.25, -0.2) is 0 Å². The van der Waals surface area contributed by atoms with Crippen LogP contribution in [0.2, 0.25) is 5.02 Å². The minimum Gasteiger partial charge on any atom is -0.361 e. The molecule has 25 heavy (non-hydrogen) atoms. The Hall–Kier alpha value is -2.01. The van der Waals surface area contributed by atoms with Crippen molar-refractivity contribution >= 4 is 17.6 Å². The molecular weight excluding hydrogens is 336 g/mol. The summed E-state index contributed by atoms with van der Waals surface area (Å²) < 4.78 is 5.26. The highest BCUT2D eigenvalue weighted by Gasteiger charge is 2.16. The number of nitrogens with one attached hydrogen (secondary N) is 2. The molecule has 6 heteroatoms. The molecule has 0 spiro atoms. The molecule has 0 saturated heterocycles. The number of rotatable bonds is 6. The van der Waals surface area contributed by atoms with Gasteiger partial charge in [-0.1, -0.05) is 35.8 Å². The van der Waals surface area contributed by atoms with Crippen LogP contribution in [-0.2, 0) is 0 Å². The molecule has 5 nitrogen and oxygen atoms in total. The number of benzene rings is 1. The van der Waals surface area contributed by atoms with Crippen molar-refractivity contribution in [3.8, 4) is 0 Å². The lowest BCUT2D eigenvalue weighted by molar-refractivity contribution is 0.391. The zero-order chi connectivity index (χ0) is 18.4. The van der Waals surface area contributed by atoms with Crippen LogP contribution in [0.1, 0.15) is 55.3 Å². The van der Waals surface area contributed by atoms with E-state index in [4.69, 9.17) is 21.1 Å². The van der Waals surface area contributed by atoms with E-state index in [0.29, 0.717) is 6.54 Å². The van der Waals surface area contributed by atoms with Crippen molar-refractivity contribution in [3.63, 3.8) is 0 Å². The zero-order valence-electron chi connectivity index (χ0n) is 15.6. The summed E-state index contributed by atoms with van der Waals surface area (Å²) in [5.74, 6) is 1.91. The molecule has 2 rings (SSSR count). The molecule has 0 amide bonds. The lowest BCUT2D eigenvalue weighted by atomic mass is 10.00. The first-order valence-corrected chi connectivity index (χ1v) is 9.03. The van der Waals surface area contributed by atoms with Gasteiger partial charge in [0.25, 0.3) is 0 Å². The van der Waals surface area contributed by atoms with Crippen LogP contribution in [0.3, 0.4) is 0 Å². The van der Waals surface area contributed by atoms with Crippen LogP contribution in [0, 0.1) is 13.8 Å². The Morgan fingerprint density at radius 1 is 1.24 bits per heavy atom. The molecule has 136 valence electrons. The van der Waals surface area contributed by atoms with Gasteiger partial charge in [-0.05, 0) is 45.4 Å². The predicted octanol–water partition coefficient (Wildman–Crippen LogP) is 4.36. The number of aliphatic imine (C=N–C) groups is 1. The first-order chi connectivity index (χ1) is 11.9. The molecule has 1 heterocycles. The number of nitrogens with zero attached hydrogens (tertiary/aromatic N) is 2. The van der Waals surface area contributed by atoms with Gasteiger partial charge in [0, 0.05) is 29.6 Å². The Morgan fingerprint density at radius 2 is 1.92 bits per heavy atom. The fourth-order valence-corrected chi connectivity index (χ4v) is 3.00. The molecule has 0 saturated carbocycles. The van der Waals surface area contributed by atoms with Gasteiger partial charge in [0.15, 0.2) is 5.96 Å². The number of aromatic nitrogens is 1. The van der Waals surface area contributed by atoms with E-state index < -0.39 is 0 Å². The van der Waals surface area contributed by atoms with Gasteiger partial charge >= 0.3 is 0 Å². The normalized spacial score (nSPS) is 14.2. The third-order valence-corrected chi connectivity index (χ3v) is 4.42. The summed E-state index contributed by atoms with van der Waals surface area (Å²) in [4.78, 5) is 4.73. The minimum atomic E-state index is 0.129. The third-order valence-electron chi connectivity index (χ3n) is 4.17. The molecule has 1 aromatic heterocycles. The molecule has 2 atom stereocenters. The smallest absolute Gasteiger partial charge is 0.191 e. The maximum atomic E-state index is 5.96. The Balaban J connectivity index is 2.06. The monoisotopic (exact) mass is 362 g/mol. The van der Waals surface area contributed by atoms with E-state index in [2.05, 4.69) is 36.6 Å². The highest BCUT2D eigenvalue weighted by molar-refractivity contribution is 6.30. The molecule has 0 radical (unpaired) electrons. The van der Waals surface area contributed by atoms with E-state index in [0.717, 1.165) is 40.1 Å². The fourth-order valence-electron chi connectivity index (χ4n) is 2.87. The van der Waals surface area contributed by atoms with Gasteiger partial charge in [0.1, 0.15) is 5.76 Å². The highest BCUT2D eigenvalue weighted by atomic mass is 35.5. The Labute approximate surface area is 154 Å². The summed E-state index contributed by atoms with van der Waals surface area (Å²) >= 11 is 5.96. The molecule has 2 unspecified atom stereocenters. The van der Waals surface area contributed by atoms with Crippen molar-refractivity contribution in [2.24, 2.45) is 4.99 Å². The maximum Gasteiger partial charge on any atom is 0.191 e. The summed E-state index contributed by atoms with van der Waals surface area (Å²) in [7, 11) is 0. The summed E-state index contributed by atoms with van der Waals surface area (Å²) in [6, 6.07) is 7.98. The van der Waals surface area contributed by atoms with Crippen molar-refractivity contribution in [1.82, 2.24) is 15.8 Å². The molecule has 0 aliphatic heterocycles. The molecule has 0 bridgehead atoms. The number of hydrogen-bond acceptors (Lipinski definition) is 3.